The number of anilines is 2. The normalized spacial score (nSPS) is 16.7. The number of pyridine rings is 1. The van der Waals surface area contributed by atoms with E-state index in [0.717, 1.165) is 72.7 Å². The maximum Gasteiger partial charge on any atom is 0.257 e. The maximum atomic E-state index is 13.6. The van der Waals surface area contributed by atoms with Gasteiger partial charge >= 0.3 is 0 Å². The van der Waals surface area contributed by atoms with Crippen LogP contribution in [0, 0.1) is 0 Å². The maximum absolute atomic E-state index is 13.6. The van der Waals surface area contributed by atoms with Crippen molar-refractivity contribution in [1.82, 2.24) is 9.88 Å². The van der Waals surface area contributed by atoms with Gasteiger partial charge in [0.1, 0.15) is 11.6 Å². The lowest BCUT2D eigenvalue weighted by molar-refractivity contribution is 0.0747. The van der Waals surface area contributed by atoms with Crippen LogP contribution in [-0.4, -0.2) is 62.2 Å². The van der Waals surface area contributed by atoms with E-state index in [2.05, 4.69) is 15.9 Å². The Morgan fingerprint density at radius 3 is 2.35 bits per heavy atom. The number of hydrogen-bond acceptors (Lipinski definition) is 5. The zero-order chi connectivity index (χ0) is 21.2. The van der Waals surface area contributed by atoms with Gasteiger partial charge in [0.05, 0.1) is 23.9 Å². The molecule has 0 spiro atoms. The van der Waals surface area contributed by atoms with Crippen LogP contribution in [0.2, 0.25) is 0 Å². The number of hydrogen-bond donors (Lipinski definition) is 0. The first-order chi connectivity index (χ1) is 15.2. The molecule has 3 heterocycles. The van der Waals surface area contributed by atoms with Crippen molar-refractivity contribution in [2.45, 2.75) is 12.8 Å². The van der Waals surface area contributed by atoms with Crippen LogP contribution in [0.5, 0.6) is 5.75 Å². The van der Waals surface area contributed by atoms with Crippen molar-refractivity contribution >= 4 is 28.3 Å². The van der Waals surface area contributed by atoms with Gasteiger partial charge < -0.3 is 19.4 Å². The van der Waals surface area contributed by atoms with E-state index in [1.54, 1.807) is 7.11 Å². The largest absolute Gasteiger partial charge is 0.495 e. The fourth-order valence-electron chi connectivity index (χ4n) is 4.64. The van der Waals surface area contributed by atoms with Crippen LogP contribution in [0.4, 0.5) is 11.5 Å². The lowest BCUT2D eigenvalue weighted by atomic mass is 10.1. The van der Waals surface area contributed by atoms with Gasteiger partial charge in [0.15, 0.2) is 0 Å². The Morgan fingerprint density at radius 1 is 0.871 bits per heavy atom. The molecule has 31 heavy (non-hydrogen) atoms. The summed E-state index contributed by atoms with van der Waals surface area (Å²) in [4.78, 5) is 25.0. The third kappa shape index (κ3) is 3.78. The molecule has 0 unspecified atom stereocenters. The van der Waals surface area contributed by atoms with E-state index in [1.807, 2.05) is 53.4 Å². The number of benzene rings is 2. The molecule has 0 N–H and O–H groups in total. The zero-order valence-corrected chi connectivity index (χ0v) is 18.0. The first kappa shape index (κ1) is 19.7. The summed E-state index contributed by atoms with van der Waals surface area (Å²) in [5, 5.41) is 1.02. The second kappa shape index (κ2) is 8.46. The van der Waals surface area contributed by atoms with Crippen molar-refractivity contribution < 1.29 is 9.53 Å². The SMILES string of the molecule is COc1ccccc1N1CCN(C(=O)c2cc3ccccc3nc2N2CCCC2)CC1. The molecule has 0 aliphatic carbocycles. The van der Waals surface area contributed by atoms with Gasteiger partial charge in [-0.05, 0) is 37.1 Å². The topological polar surface area (TPSA) is 48.9 Å². The Bertz CT molecular complexity index is 1090. The number of para-hydroxylation sites is 3. The van der Waals surface area contributed by atoms with Gasteiger partial charge in [-0.3, -0.25) is 4.79 Å². The second-order valence-electron chi connectivity index (χ2n) is 8.20. The Hall–Kier alpha value is -3.28. The standard InChI is InChI=1S/C25H28N4O2/c1-31-23-11-5-4-10-22(23)27-14-16-29(17-15-27)25(30)20-18-19-8-2-3-9-21(19)26-24(20)28-12-6-7-13-28/h2-5,8-11,18H,6-7,12-17H2,1H3. The smallest absolute Gasteiger partial charge is 0.257 e. The first-order valence-corrected chi connectivity index (χ1v) is 11.1. The Labute approximate surface area is 183 Å². The molecule has 0 saturated carbocycles. The first-order valence-electron chi connectivity index (χ1n) is 11.1. The molecule has 2 saturated heterocycles. The molecule has 2 aliphatic rings. The summed E-state index contributed by atoms with van der Waals surface area (Å²) in [6.07, 6.45) is 2.31. The summed E-state index contributed by atoms with van der Waals surface area (Å²) < 4.78 is 5.52. The van der Waals surface area contributed by atoms with Crippen LogP contribution in [0.15, 0.2) is 54.6 Å². The molecule has 160 valence electrons. The molecular formula is C25H28N4O2. The highest BCUT2D eigenvalue weighted by molar-refractivity contribution is 6.02. The predicted octanol–water partition coefficient (Wildman–Crippen LogP) is 3.81. The van der Waals surface area contributed by atoms with Gasteiger partial charge in [0.25, 0.3) is 5.91 Å². The third-order valence-corrected chi connectivity index (χ3v) is 6.33. The summed E-state index contributed by atoms with van der Waals surface area (Å²) >= 11 is 0. The van der Waals surface area contributed by atoms with Gasteiger partial charge in [0, 0.05) is 44.7 Å². The van der Waals surface area contributed by atoms with Gasteiger partial charge in [-0.25, -0.2) is 4.98 Å². The Balaban J connectivity index is 1.40. The highest BCUT2D eigenvalue weighted by atomic mass is 16.5. The van der Waals surface area contributed by atoms with E-state index < -0.39 is 0 Å². The molecule has 3 aromatic rings. The van der Waals surface area contributed by atoms with E-state index in [4.69, 9.17) is 9.72 Å². The van der Waals surface area contributed by atoms with Crippen LogP contribution in [0.25, 0.3) is 10.9 Å². The average Bonchev–Trinajstić information content (AvgIpc) is 3.38. The minimum Gasteiger partial charge on any atom is -0.495 e. The summed E-state index contributed by atoms with van der Waals surface area (Å²) in [6, 6.07) is 18.2. The van der Waals surface area contributed by atoms with Gasteiger partial charge in [-0.2, -0.15) is 0 Å². The number of piperazine rings is 1. The van der Waals surface area contributed by atoms with Crippen molar-refractivity contribution in [3.05, 3.63) is 60.2 Å². The van der Waals surface area contributed by atoms with Crippen molar-refractivity contribution in [2.75, 3.05) is 56.2 Å². The number of carbonyl (C=O) groups is 1. The van der Waals surface area contributed by atoms with Crippen molar-refractivity contribution in [3.63, 3.8) is 0 Å². The van der Waals surface area contributed by atoms with Crippen LogP contribution < -0.4 is 14.5 Å². The number of aromatic nitrogens is 1. The van der Waals surface area contributed by atoms with Gasteiger partial charge in [-0.15, -0.1) is 0 Å². The highest BCUT2D eigenvalue weighted by Gasteiger charge is 2.28. The fraction of sp³-hybridized carbons (Fsp3) is 0.360. The lowest BCUT2D eigenvalue weighted by Gasteiger charge is -2.37. The van der Waals surface area contributed by atoms with Crippen LogP contribution in [-0.2, 0) is 0 Å². The van der Waals surface area contributed by atoms with E-state index in [-0.39, 0.29) is 5.91 Å². The Kier molecular flexibility index (Phi) is 5.37. The quantitative estimate of drug-likeness (QED) is 0.647. The van der Waals surface area contributed by atoms with E-state index >= 15 is 0 Å². The molecule has 2 fully saturated rings. The molecule has 0 radical (unpaired) electrons. The van der Waals surface area contributed by atoms with Gasteiger partial charge in [-0.1, -0.05) is 30.3 Å². The fourth-order valence-corrected chi connectivity index (χ4v) is 4.64. The number of fused-ring (bicyclic) bond motifs is 1. The predicted molar refractivity (Wildman–Crippen MR) is 124 cm³/mol. The highest BCUT2D eigenvalue weighted by Crippen LogP contribution is 2.30. The molecule has 6 heteroatoms. The molecule has 2 aliphatic heterocycles. The number of ether oxygens (including phenoxy) is 1. The monoisotopic (exact) mass is 416 g/mol. The van der Waals surface area contributed by atoms with E-state index in [9.17, 15) is 4.79 Å². The van der Waals surface area contributed by atoms with Crippen molar-refractivity contribution in [1.29, 1.82) is 0 Å². The molecule has 2 aromatic carbocycles. The van der Waals surface area contributed by atoms with Gasteiger partial charge in [0.2, 0.25) is 0 Å². The molecule has 1 amide bonds. The van der Waals surface area contributed by atoms with E-state index in [0.29, 0.717) is 13.1 Å². The minimum atomic E-state index is 0.0832. The zero-order valence-electron chi connectivity index (χ0n) is 18.0. The number of nitrogens with zero attached hydrogens (tertiary/aromatic N) is 4. The molecular weight excluding hydrogens is 388 g/mol. The summed E-state index contributed by atoms with van der Waals surface area (Å²) in [7, 11) is 1.70. The number of carbonyl (C=O) groups excluding carboxylic acids is 1. The van der Waals surface area contributed by atoms with Crippen molar-refractivity contribution in [3.8, 4) is 5.75 Å². The molecule has 5 rings (SSSR count). The molecule has 6 nitrogen and oxygen atoms in total. The van der Waals surface area contributed by atoms with Crippen LogP contribution >= 0.6 is 0 Å². The van der Waals surface area contributed by atoms with Crippen molar-refractivity contribution in [2.24, 2.45) is 0 Å². The van der Waals surface area contributed by atoms with Crippen LogP contribution in [0.3, 0.4) is 0 Å². The lowest BCUT2D eigenvalue weighted by Crippen LogP contribution is -2.49. The second-order valence-corrected chi connectivity index (χ2v) is 8.20. The van der Waals surface area contributed by atoms with E-state index in [1.165, 1.54) is 0 Å². The molecule has 0 bridgehead atoms. The number of amides is 1. The molecule has 0 atom stereocenters. The summed E-state index contributed by atoms with van der Waals surface area (Å²) in [5.41, 5.74) is 2.76. The minimum absolute atomic E-state index is 0.0832. The average molecular weight is 417 g/mol. The number of methoxy groups -OCH3 is 1. The summed E-state index contributed by atoms with van der Waals surface area (Å²) in [5.74, 6) is 1.80. The molecule has 1 aromatic heterocycles. The van der Waals surface area contributed by atoms with Crippen LogP contribution in [0.1, 0.15) is 23.2 Å². The third-order valence-electron chi connectivity index (χ3n) is 6.33. The summed E-state index contributed by atoms with van der Waals surface area (Å²) in [6.45, 7) is 4.87. The number of rotatable bonds is 4. The Morgan fingerprint density at radius 2 is 1.58 bits per heavy atom.